The minimum atomic E-state index is 0.00603. The summed E-state index contributed by atoms with van der Waals surface area (Å²) >= 11 is 0. The average Bonchev–Trinajstić information content (AvgIpc) is 3.22. The van der Waals surface area contributed by atoms with Gasteiger partial charge in [0.25, 0.3) is 0 Å². The minimum Gasteiger partial charge on any atom is -0.459 e. The van der Waals surface area contributed by atoms with Crippen LogP contribution in [0.4, 0.5) is 11.6 Å². The second-order valence-corrected chi connectivity index (χ2v) is 9.04. The summed E-state index contributed by atoms with van der Waals surface area (Å²) in [5.41, 5.74) is 9.67. The molecule has 0 spiro atoms. The Morgan fingerprint density at radius 1 is 1.23 bits per heavy atom. The van der Waals surface area contributed by atoms with E-state index in [2.05, 4.69) is 45.2 Å². The van der Waals surface area contributed by atoms with E-state index in [0.717, 1.165) is 48.6 Å². The molecule has 1 fully saturated rings. The van der Waals surface area contributed by atoms with Crippen molar-refractivity contribution in [1.29, 1.82) is 0 Å². The number of amides is 1. The summed E-state index contributed by atoms with van der Waals surface area (Å²) in [6, 6.07) is 2.40. The number of nitrogen functional groups attached to an aromatic ring is 1. The number of ether oxygens (including phenoxy) is 1. The number of imidazole rings is 1. The maximum Gasteiger partial charge on any atom is 0.336 e. The topological polar surface area (TPSA) is 127 Å². The maximum absolute atomic E-state index is 12.1. The number of nitrogens with zero attached hydrogens (tertiary/aromatic N) is 7. The van der Waals surface area contributed by atoms with Gasteiger partial charge in [-0.05, 0) is 38.4 Å². The molecule has 188 valence electrons. The second-order valence-electron chi connectivity index (χ2n) is 9.04. The fourth-order valence-corrected chi connectivity index (χ4v) is 4.44. The maximum atomic E-state index is 12.1. The van der Waals surface area contributed by atoms with Crippen LogP contribution in [0.25, 0.3) is 5.65 Å². The van der Waals surface area contributed by atoms with Gasteiger partial charge < -0.3 is 25.6 Å². The van der Waals surface area contributed by atoms with Crippen LogP contribution < -0.4 is 20.7 Å². The smallest absolute Gasteiger partial charge is 0.336 e. The Bertz CT molecular complexity index is 1170. The van der Waals surface area contributed by atoms with Gasteiger partial charge in [-0.1, -0.05) is 19.4 Å². The lowest BCUT2D eigenvalue weighted by atomic mass is 10.1. The SMILES string of the molecule is CCC[C@@H](C)Oc1nc(N)c2ncc(Cc3cnc(N4CCN(C(=O)CNC)CC4)c(C)c3)n2n1. The van der Waals surface area contributed by atoms with Crippen molar-refractivity contribution in [1.82, 2.24) is 34.8 Å². The quantitative estimate of drug-likeness (QED) is 0.467. The number of piperazine rings is 1. The van der Waals surface area contributed by atoms with E-state index < -0.39 is 0 Å². The third-order valence-corrected chi connectivity index (χ3v) is 6.19. The van der Waals surface area contributed by atoms with E-state index in [4.69, 9.17) is 15.5 Å². The molecule has 1 amide bonds. The van der Waals surface area contributed by atoms with Gasteiger partial charge in [-0.25, -0.2) is 14.5 Å². The lowest BCUT2D eigenvalue weighted by molar-refractivity contribution is -0.130. The first-order valence-corrected chi connectivity index (χ1v) is 12.2. The van der Waals surface area contributed by atoms with Gasteiger partial charge in [0, 0.05) is 38.8 Å². The highest BCUT2D eigenvalue weighted by molar-refractivity contribution is 5.78. The summed E-state index contributed by atoms with van der Waals surface area (Å²) in [6.45, 7) is 9.49. The molecular weight excluding hydrogens is 446 g/mol. The molecule has 11 nitrogen and oxygen atoms in total. The Hall–Kier alpha value is -3.47. The Labute approximate surface area is 205 Å². The molecule has 0 radical (unpaired) electrons. The molecule has 0 unspecified atom stereocenters. The zero-order chi connectivity index (χ0) is 24.9. The summed E-state index contributed by atoms with van der Waals surface area (Å²) in [4.78, 5) is 29.7. The van der Waals surface area contributed by atoms with Gasteiger partial charge in [0.2, 0.25) is 5.91 Å². The normalized spacial score (nSPS) is 15.0. The van der Waals surface area contributed by atoms with E-state index in [1.807, 2.05) is 18.0 Å². The molecule has 0 aliphatic carbocycles. The van der Waals surface area contributed by atoms with Crippen LogP contribution in [0.5, 0.6) is 6.01 Å². The molecule has 4 heterocycles. The summed E-state index contributed by atoms with van der Waals surface area (Å²) in [5, 5.41) is 7.46. The molecule has 35 heavy (non-hydrogen) atoms. The summed E-state index contributed by atoms with van der Waals surface area (Å²) in [6.07, 6.45) is 6.20. The van der Waals surface area contributed by atoms with Crippen molar-refractivity contribution in [2.45, 2.75) is 46.1 Å². The van der Waals surface area contributed by atoms with Crippen LogP contribution in [-0.2, 0) is 11.2 Å². The molecule has 11 heteroatoms. The Morgan fingerprint density at radius 2 is 2.00 bits per heavy atom. The molecule has 1 saturated heterocycles. The number of rotatable bonds is 9. The number of aromatic nitrogens is 5. The highest BCUT2D eigenvalue weighted by Gasteiger charge is 2.22. The van der Waals surface area contributed by atoms with Gasteiger partial charge in [0.1, 0.15) is 5.82 Å². The Kier molecular flexibility index (Phi) is 7.64. The zero-order valence-corrected chi connectivity index (χ0v) is 21.0. The highest BCUT2D eigenvalue weighted by atomic mass is 16.5. The number of carbonyl (C=O) groups excluding carboxylic acids is 1. The number of hydrogen-bond donors (Lipinski definition) is 2. The number of anilines is 2. The molecule has 3 aromatic heterocycles. The van der Waals surface area contributed by atoms with Crippen LogP contribution in [0.1, 0.15) is 43.5 Å². The number of carbonyl (C=O) groups is 1. The Morgan fingerprint density at radius 3 is 2.69 bits per heavy atom. The zero-order valence-electron chi connectivity index (χ0n) is 21.0. The van der Waals surface area contributed by atoms with E-state index in [1.54, 1.807) is 17.8 Å². The third-order valence-electron chi connectivity index (χ3n) is 6.19. The van der Waals surface area contributed by atoms with Crippen molar-refractivity contribution < 1.29 is 9.53 Å². The van der Waals surface area contributed by atoms with Gasteiger partial charge in [-0.15, -0.1) is 5.10 Å². The average molecular weight is 482 g/mol. The first-order chi connectivity index (χ1) is 16.9. The van der Waals surface area contributed by atoms with E-state index in [-0.39, 0.29) is 18.0 Å². The molecule has 1 aliphatic heterocycles. The number of likely N-dealkylation sites (N-methyl/N-ethyl adjacent to an activating group) is 1. The molecule has 4 rings (SSSR count). The largest absolute Gasteiger partial charge is 0.459 e. The van der Waals surface area contributed by atoms with E-state index in [1.165, 1.54) is 0 Å². The van der Waals surface area contributed by atoms with Crippen LogP contribution in [0.2, 0.25) is 0 Å². The van der Waals surface area contributed by atoms with Gasteiger partial charge in [-0.3, -0.25) is 4.79 Å². The van der Waals surface area contributed by atoms with Crippen molar-refractivity contribution in [2.24, 2.45) is 0 Å². The molecule has 3 N–H and O–H groups in total. The van der Waals surface area contributed by atoms with Gasteiger partial charge in [0.15, 0.2) is 11.5 Å². The van der Waals surface area contributed by atoms with Crippen LogP contribution in [0.3, 0.4) is 0 Å². The van der Waals surface area contributed by atoms with E-state index in [0.29, 0.717) is 37.5 Å². The standard InChI is InChI=1S/C24H35N9O2/c1-5-6-17(3)35-24-29-21(25)23-28-14-19(33(23)30-24)12-18-11-16(2)22(27-13-18)32-9-7-31(8-10-32)20(34)15-26-4/h11,13-14,17,26H,5-10,12,15H2,1-4H3,(H2,25,29,30)/t17-/m1/s1. The number of fused-ring (bicyclic) bond motifs is 1. The number of pyridine rings is 1. The van der Waals surface area contributed by atoms with Crippen molar-refractivity contribution in [3.8, 4) is 6.01 Å². The fraction of sp³-hybridized carbons (Fsp3) is 0.542. The van der Waals surface area contributed by atoms with E-state index >= 15 is 0 Å². The van der Waals surface area contributed by atoms with Gasteiger partial charge in [-0.2, -0.15) is 4.98 Å². The van der Waals surface area contributed by atoms with Crippen LogP contribution >= 0.6 is 0 Å². The molecule has 3 aromatic rings. The lowest BCUT2D eigenvalue weighted by Gasteiger charge is -2.36. The predicted octanol–water partition coefficient (Wildman–Crippen LogP) is 1.44. The number of nitrogens with one attached hydrogen (secondary N) is 1. The molecule has 1 atom stereocenters. The fourth-order valence-electron chi connectivity index (χ4n) is 4.44. The van der Waals surface area contributed by atoms with Gasteiger partial charge >= 0.3 is 6.01 Å². The summed E-state index contributed by atoms with van der Waals surface area (Å²) < 4.78 is 7.57. The van der Waals surface area contributed by atoms with Crippen LogP contribution in [0.15, 0.2) is 18.5 Å². The van der Waals surface area contributed by atoms with Crippen molar-refractivity contribution in [3.05, 3.63) is 35.3 Å². The lowest BCUT2D eigenvalue weighted by Crippen LogP contribution is -2.51. The molecule has 1 aliphatic rings. The van der Waals surface area contributed by atoms with Gasteiger partial charge in [0.05, 0.1) is 24.5 Å². The summed E-state index contributed by atoms with van der Waals surface area (Å²) in [7, 11) is 1.79. The molecular formula is C24H35N9O2. The number of aryl methyl sites for hydroxylation is 1. The number of hydrogen-bond acceptors (Lipinski definition) is 9. The molecule has 0 bridgehead atoms. The van der Waals surface area contributed by atoms with E-state index in [9.17, 15) is 4.79 Å². The second kappa shape index (κ2) is 10.9. The van der Waals surface area contributed by atoms with Crippen LogP contribution in [0, 0.1) is 6.92 Å². The van der Waals surface area contributed by atoms with Crippen LogP contribution in [-0.4, -0.2) is 81.2 Å². The first-order valence-electron chi connectivity index (χ1n) is 12.2. The van der Waals surface area contributed by atoms with Crippen molar-refractivity contribution >= 4 is 23.2 Å². The molecule has 0 aromatic carbocycles. The monoisotopic (exact) mass is 481 g/mol. The van der Waals surface area contributed by atoms with Crippen molar-refractivity contribution in [3.63, 3.8) is 0 Å². The minimum absolute atomic E-state index is 0.00603. The summed E-state index contributed by atoms with van der Waals surface area (Å²) in [5.74, 6) is 1.39. The highest BCUT2D eigenvalue weighted by Crippen LogP contribution is 2.22. The Balaban J connectivity index is 1.47. The predicted molar refractivity (Wildman–Crippen MR) is 135 cm³/mol. The number of nitrogens with two attached hydrogens (primary N) is 1. The molecule has 0 saturated carbocycles. The third kappa shape index (κ3) is 5.61. The van der Waals surface area contributed by atoms with Crippen molar-refractivity contribution in [2.75, 3.05) is 50.4 Å². The first kappa shape index (κ1) is 24.6.